The Kier molecular flexibility index (Phi) is 6.11. The Morgan fingerprint density at radius 3 is 2.52 bits per heavy atom. The molecule has 2 aromatic rings. The van der Waals surface area contributed by atoms with E-state index in [2.05, 4.69) is 0 Å². The molecule has 0 bridgehead atoms. The average Bonchev–Trinajstić information content (AvgIpc) is 3.07. The van der Waals surface area contributed by atoms with Crippen LogP contribution in [0.3, 0.4) is 0 Å². The number of thiophene rings is 1. The van der Waals surface area contributed by atoms with E-state index in [0.29, 0.717) is 36.7 Å². The number of para-hydroxylation sites is 1. The molecule has 3 rings (SSSR count). The van der Waals surface area contributed by atoms with Crippen LogP contribution in [0.2, 0.25) is 0 Å². The fourth-order valence-electron chi connectivity index (χ4n) is 3.17. The Bertz CT molecular complexity index is 828. The number of ether oxygens (including phenoxy) is 1. The molecule has 0 aliphatic carbocycles. The first-order chi connectivity index (χ1) is 13.0. The summed E-state index contributed by atoms with van der Waals surface area (Å²) in [4.78, 5) is 29.7. The number of esters is 1. The van der Waals surface area contributed by atoms with Gasteiger partial charge in [-0.1, -0.05) is 19.1 Å². The van der Waals surface area contributed by atoms with Gasteiger partial charge in [0.2, 0.25) is 0 Å². The van der Waals surface area contributed by atoms with Crippen LogP contribution in [0, 0.1) is 12.7 Å². The number of piperazine rings is 1. The molecule has 1 aliphatic heterocycles. The fourth-order valence-corrected chi connectivity index (χ4v) is 4.17. The van der Waals surface area contributed by atoms with E-state index >= 15 is 0 Å². The number of anilines is 1. The molecule has 7 heteroatoms. The molecular formula is C20H23FN2O3S. The van der Waals surface area contributed by atoms with E-state index in [9.17, 15) is 14.0 Å². The van der Waals surface area contributed by atoms with Crippen molar-refractivity contribution in [1.29, 1.82) is 0 Å². The van der Waals surface area contributed by atoms with Gasteiger partial charge in [-0.15, -0.1) is 11.3 Å². The van der Waals surface area contributed by atoms with Gasteiger partial charge in [0, 0.05) is 31.1 Å². The zero-order valence-corrected chi connectivity index (χ0v) is 16.4. The van der Waals surface area contributed by atoms with Gasteiger partial charge in [-0.25, -0.2) is 9.18 Å². The number of carbonyl (C=O) groups excluding carboxylic acids is 2. The minimum absolute atomic E-state index is 0.222. The second kappa shape index (κ2) is 8.52. The minimum atomic E-state index is -0.457. The Hall–Kier alpha value is -2.41. The van der Waals surface area contributed by atoms with Crippen LogP contribution < -0.4 is 4.90 Å². The number of hydrogen-bond acceptors (Lipinski definition) is 5. The topological polar surface area (TPSA) is 49.9 Å². The molecule has 1 aromatic carbocycles. The van der Waals surface area contributed by atoms with Crippen molar-refractivity contribution < 1.29 is 18.7 Å². The lowest BCUT2D eigenvalue weighted by Crippen LogP contribution is -2.50. The maximum absolute atomic E-state index is 13.9. The molecule has 1 amide bonds. The van der Waals surface area contributed by atoms with Crippen LogP contribution >= 0.6 is 11.3 Å². The van der Waals surface area contributed by atoms with Gasteiger partial charge in [-0.3, -0.25) is 4.79 Å². The molecule has 1 aromatic heterocycles. The van der Waals surface area contributed by atoms with Crippen LogP contribution in [0.4, 0.5) is 10.1 Å². The molecule has 0 spiro atoms. The Balaban J connectivity index is 1.49. The molecule has 1 saturated heterocycles. The van der Waals surface area contributed by atoms with E-state index in [-0.39, 0.29) is 18.3 Å². The highest BCUT2D eigenvalue weighted by Crippen LogP contribution is 2.23. The molecule has 0 atom stereocenters. The highest BCUT2D eigenvalue weighted by molar-refractivity contribution is 7.14. The number of halogens is 1. The fraction of sp³-hybridized carbons (Fsp3) is 0.400. The van der Waals surface area contributed by atoms with Gasteiger partial charge in [-0.05, 0) is 37.1 Å². The zero-order chi connectivity index (χ0) is 19.4. The van der Waals surface area contributed by atoms with E-state index in [1.54, 1.807) is 23.1 Å². The number of carbonyl (C=O) groups is 2. The molecule has 0 unspecified atom stereocenters. The summed E-state index contributed by atoms with van der Waals surface area (Å²) in [6.07, 6.45) is 0.862. The molecule has 5 nitrogen and oxygen atoms in total. The number of hydrogen-bond donors (Lipinski definition) is 0. The summed E-state index contributed by atoms with van der Waals surface area (Å²) in [5.74, 6) is -0.939. The third kappa shape index (κ3) is 4.47. The van der Waals surface area contributed by atoms with Crippen molar-refractivity contribution in [3.8, 4) is 0 Å². The summed E-state index contributed by atoms with van der Waals surface area (Å²) in [6, 6.07) is 8.46. The quantitative estimate of drug-likeness (QED) is 0.736. The van der Waals surface area contributed by atoms with Gasteiger partial charge < -0.3 is 14.5 Å². The number of aryl methyl sites for hydroxylation is 2. The summed E-state index contributed by atoms with van der Waals surface area (Å²) in [6.45, 7) is 5.78. The third-order valence-electron chi connectivity index (χ3n) is 4.75. The number of benzene rings is 1. The van der Waals surface area contributed by atoms with Crippen molar-refractivity contribution in [2.24, 2.45) is 0 Å². The first-order valence-corrected chi connectivity index (χ1v) is 9.85. The molecule has 144 valence electrons. The summed E-state index contributed by atoms with van der Waals surface area (Å²) < 4.78 is 19.1. The maximum atomic E-state index is 13.9. The van der Waals surface area contributed by atoms with E-state index in [1.165, 1.54) is 17.4 Å². The first kappa shape index (κ1) is 19.4. The van der Waals surface area contributed by atoms with Gasteiger partial charge in [0.05, 0.1) is 5.69 Å². The largest absolute Gasteiger partial charge is 0.451 e. The third-order valence-corrected chi connectivity index (χ3v) is 5.83. The second-order valence-electron chi connectivity index (χ2n) is 6.44. The standard InChI is InChI=1S/C20H23FN2O3S/c1-3-15-12-18(27-14(15)2)20(25)26-13-19(24)23-10-8-22(9-11-23)17-7-5-4-6-16(17)21/h4-7,12H,3,8-11,13H2,1-2H3. The molecule has 27 heavy (non-hydrogen) atoms. The predicted octanol–water partition coefficient (Wildman–Crippen LogP) is 3.26. The van der Waals surface area contributed by atoms with Crippen LogP contribution in [0.5, 0.6) is 0 Å². The van der Waals surface area contributed by atoms with Crippen molar-refractivity contribution in [3.05, 3.63) is 51.5 Å². The number of nitrogens with zero attached hydrogens (tertiary/aromatic N) is 2. The Morgan fingerprint density at radius 2 is 1.89 bits per heavy atom. The van der Waals surface area contributed by atoms with E-state index < -0.39 is 5.97 Å². The normalized spacial score (nSPS) is 14.3. The SMILES string of the molecule is CCc1cc(C(=O)OCC(=O)N2CCN(c3ccccc3F)CC2)sc1C. The summed E-state index contributed by atoms with van der Waals surface area (Å²) in [7, 11) is 0. The smallest absolute Gasteiger partial charge is 0.348 e. The zero-order valence-electron chi connectivity index (χ0n) is 15.5. The first-order valence-electron chi connectivity index (χ1n) is 9.03. The van der Waals surface area contributed by atoms with Crippen molar-refractivity contribution in [3.63, 3.8) is 0 Å². The lowest BCUT2D eigenvalue weighted by Gasteiger charge is -2.36. The van der Waals surface area contributed by atoms with E-state index in [4.69, 9.17) is 4.74 Å². The molecule has 2 heterocycles. The molecule has 0 saturated carbocycles. The highest BCUT2D eigenvalue weighted by Gasteiger charge is 2.24. The molecule has 1 aliphatic rings. The van der Waals surface area contributed by atoms with Crippen LogP contribution in [-0.2, 0) is 16.0 Å². The highest BCUT2D eigenvalue weighted by atomic mass is 32.1. The lowest BCUT2D eigenvalue weighted by atomic mass is 10.2. The van der Waals surface area contributed by atoms with Crippen molar-refractivity contribution in [1.82, 2.24) is 4.90 Å². The van der Waals surface area contributed by atoms with Gasteiger partial charge >= 0.3 is 5.97 Å². The van der Waals surface area contributed by atoms with Gasteiger partial charge in [0.25, 0.3) is 5.91 Å². The summed E-state index contributed by atoms with van der Waals surface area (Å²) >= 11 is 1.39. The Morgan fingerprint density at radius 1 is 1.19 bits per heavy atom. The predicted molar refractivity (Wildman–Crippen MR) is 104 cm³/mol. The van der Waals surface area contributed by atoms with Crippen LogP contribution in [-0.4, -0.2) is 49.6 Å². The summed E-state index contributed by atoms with van der Waals surface area (Å²) in [5.41, 5.74) is 1.68. The molecular weight excluding hydrogens is 367 g/mol. The van der Waals surface area contributed by atoms with Gasteiger partial charge in [0.1, 0.15) is 10.7 Å². The monoisotopic (exact) mass is 390 g/mol. The van der Waals surface area contributed by atoms with Crippen molar-refractivity contribution >= 4 is 28.9 Å². The Labute approximate surface area is 162 Å². The van der Waals surface area contributed by atoms with Crippen molar-refractivity contribution in [2.75, 3.05) is 37.7 Å². The van der Waals surface area contributed by atoms with Crippen LogP contribution in [0.15, 0.2) is 30.3 Å². The molecule has 0 N–H and O–H groups in total. The summed E-state index contributed by atoms with van der Waals surface area (Å²) in [5, 5.41) is 0. The van der Waals surface area contributed by atoms with Crippen molar-refractivity contribution in [2.45, 2.75) is 20.3 Å². The number of amides is 1. The van der Waals surface area contributed by atoms with Gasteiger partial charge in [-0.2, -0.15) is 0 Å². The van der Waals surface area contributed by atoms with Gasteiger partial charge in [0.15, 0.2) is 6.61 Å². The lowest BCUT2D eigenvalue weighted by molar-refractivity contribution is -0.134. The second-order valence-corrected chi connectivity index (χ2v) is 7.70. The molecule has 1 fully saturated rings. The van der Waals surface area contributed by atoms with E-state index in [0.717, 1.165) is 16.9 Å². The number of rotatable bonds is 5. The maximum Gasteiger partial charge on any atom is 0.348 e. The van der Waals surface area contributed by atoms with Crippen LogP contribution in [0.1, 0.15) is 27.0 Å². The average molecular weight is 390 g/mol. The van der Waals surface area contributed by atoms with E-state index in [1.807, 2.05) is 24.8 Å². The van der Waals surface area contributed by atoms with Crippen LogP contribution in [0.25, 0.3) is 0 Å². The molecule has 0 radical (unpaired) electrons. The minimum Gasteiger partial charge on any atom is -0.451 e.